The zero-order chi connectivity index (χ0) is 19.9. The Labute approximate surface area is 170 Å². The normalized spacial score (nSPS) is 14.8. The predicted molar refractivity (Wildman–Crippen MR) is 110 cm³/mol. The van der Waals surface area contributed by atoms with Gasteiger partial charge < -0.3 is 15.0 Å². The largest absolute Gasteiger partial charge is 0.496 e. The maximum atomic E-state index is 13.9. The van der Waals surface area contributed by atoms with E-state index in [1.54, 1.807) is 24.3 Å². The maximum Gasteiger partial charge on any atom is 0.255 e. The van der Waals surface area contributed by atoms with Gasteiger partial charge in [0.05, 0.1) is 18.4 Å². The average Bonchev–Trinajstić information content (AvgIpc) is 2.72. The van der Waals surface area contributed by atoms with E-state index in [9.17, 15) is 9.18 Å². The van der Waals surface area contributed by atoms with Crippen LogP contribution in [-0.2, 0) is 0 Å². The monoisotopic (exact) mass is 405 g/mol. The summed E-state index contributed by atoms with van der Waals surface area (Å²) in [6, 6.07) is 11.9. The van der Waals surface area contributed by atoms with Gasteiger partial charge in [-0.2, -0.15) is 0 Å². The number of ether oxygens (including phenoxy) is 1. The van der Waals surface area contributed by atoms with Crippen LogP contribution < -0.4 is 15.0 Å². The van der Waals surface area contributed by atoms with Gasteiger partial charge in [0.25, 0.3) is 5.91 Å². The van der Waals surface area contributed by atoms with Crippen molar-refractivity contribution < 1.29 is 13.9 Å². The van der Waals surface area contributed by atoms with Crippen molar-refractivity contribution in [1.29, 1.82) is 0 Å². The van der Waals surface area contributed by atoms with E-state index in [4.69, 9.17) is 16.3 Å². The van der Waals surface area contributed by atoms with Gasteiger partial charge in [0, 0.05) is 37.7 Å². The van der Waals surface area contributed by atoms with E-state index in [1.165, 1.54) is 13.2 Å². The van der Waals surface area contributed by atoms with Crippen LogP contribution in [0.4, 0.5) is 10.1 Å². The Kier molecular flexibility index (Phi) is 7.12. The highest BCUT2D eigenvalue weighted by atomic mass is 35.5. The molecule has 0 bridgehead atoms. The Morgan fingerprint density at radius 3 is 2.64 bits per heavy atom. The molecule has 28 heavy (non-hydrogen) atoms. The molecule has 1 saturated heterocycles. The minimum Gasteiger partial charge on any atom is -0.496 e. The van der Waals surface area contributed by atoms with Gasteiger partial charge in [0.2, 0.25) is 0 Å². The second kappa shape index (κ2) is 9.75. The number of nitrogens with one attached hydrogen (secondary N) is 1. The van der Waals surface area contributed by atoms with Gasteiger partial charge in [-0.3, -0.25) is 9.69 Å². The minimum atomic E-state index is -0.191. The van der Waals surface area contributed by atoms with Crippen molar-refractivity contribution in [3.05, 3.63) is 58.9 Å². The molecule has 1 aliphatic heterocycles. The molecule has 0 saturated carbocycles. The molecule has 0 aliphatic carbocycles. The van der Waals surface area contributed by atoms with Crippen molar-refractivity contribution in [2.24, 2.45) is 0 Å². The van der Waals surface area contributed by atoms with Gasteiger partial charge in [-0.05, 0) is 43.3 Å². The summed E-state index contributed by atoms with van der Waals surface area (Å²) in [6.07, 6.45) is 0.842. The van der Waals surface area contributed by atoms with Crippen LogP contribution in [0.2, 0.25) is 5.02 Å². The molecule has 5 nitrogen and oxygen atoms in total. The molecule has 0 unspecified atom stereocenters. The number of hydrogen-bond acceptors (Lipinski definition) is 4. The lowest BCUT2D eigenvalue weighted by Gasteiger charge is -2.36. The predicted octanol–water partition coefficient (Wildman–Crippen LogP) is 3.43. The van der Waals surface area contributed by atoms with Gasteiger partial charge in [0.1, 0.15) is 11.6 Å². The number of rotatable bonds is 7. The molecular weight excluding hydrogens is 381 g/mol. The Morgan fingerprint density at radius 2 is 1.93 bits per heavy atom. The van der Waals surface area contributed by atoms with Crippen molar-refractivity contribution in [2.75, 3.05) is 51.3 Å². The van der Waals surface area contributed by atoms with Gasteiger partial charge in [-0.25, -0.2) is 4.39 Å². The number of carbonyl (C=O) groups excluding carboxylic acids is 1. The molecule has 1 fully saturated rings. The third-order valence-corrected chi connectivity index (χ3v) is 5.14. The lowest BCUT2D eigenvalue weighted by Crippen LogP contribution is -2.47. The highest BCUT2D eigenvalue weighted by Gasteiger charge is 2.19. The van der Waals surface area contributed by atoms with E-state index in [2.05, 4.69) is 15.1 Å². The maximum absolute atomic E-state index is 13.9. The van der Waals surface area contributed by atoms with Gasteiger partial charge in [-0.1, -0.05) is 23.7 Å². The Bertz CT molecular complexity index is 810. The van der Waals surface area contributed by atoms with Gasteiger partial charge >= 0.3 is 0 Å². The number of hydrogen-bond donors (Lipinski definition) is 1. The summed E-state index contributed by atoms with van der Waals surface area (Å²) in [5.74, 6) is 0.144. The zero-order valence-corrected chi connectivity index (χ0v) is 16.7. The molecule has 7 heteroatoms. The number of para-hydroxylation sites is 1. The average molecular weight is 406 g/mol. The number of methoxy groups -OCH3 is 1. The number of piperazine rings is 1. The molecule has 2 aromatic rings. The van der Waals surface area contributed by atoms with Crippen molar-refractivity contribution >= 4 is 23.2 Å². The molecule has 1 aliphatic rings. The summed E-state index contributed by atoms with van der Waals surface area (Å²) in [7, 11) is 1.53. The third-order valence-electron chi connectivity index (χ3n) is 4.91. The van der Waals surface area contributed by atoms with Crippen molar-refractivity contribution in [2.45, 2.75) is 6.42 Å². The molecule has 150 valence electrons. The van der Waals surface area contributed by atoms with Crippen LogP contribution in [0.25, 0.3) is 0 Å². The van der Waals surface area contributed by atoms with Crippen LogP contribution >= 0.6 is 11.6 Å². The summed E-state index contributed by atoms with van der Waals surface area (Å²) in [4.78, 5) is 16.8. The number of amides is 1. The molecule has 1 N–H and O–H groups in total. The zero-order valence-electron chi connectivity index (χ0n) is 16.0. The first-order valence-electron chi connectivity index (χ1n) is 9.42. The van der Waals surface area contributed by atoms with E-state index >= 15 is 0 Å². The standard InChI is InChI=1S/C21H25ClFN3O2/c1-28-20-8-7-16(22)15-17(20)21(27)24-9-4-10-25-11-13-26(14-12-25)19-6-3-2-5-18(19)23/h2-3,5-8,15H,4,9-14H2,1H3,(H,24,27). The summed E-state index contributed by atoms with van der Waals surface area (Å²) in [5, 5.41) is 3.42. The molecule has 0 spiro atoms. The summed E-state index contributed by atoms with van der Waals surface area (Å²) < 4.78 is 19.1. The first-order chi connectivity index (χ1) is 13.6. The van der Waals surface area contributed by atoms with Gasteiger partial charge in [-0.15, -0.1) is 0 Å². The van der Waals surface area contributed by atoms with Crippen LogP contribution in [0.5, 0.6) is 5.75 Å². The SMILES string of the molecule is COc1ccc(Cl)cc1C(=O)NCCCN1CCN(c2ccccc2F)CC1. The van der Waals surface area contributed by atoms with Crippen LogP contribution in [0.3, 0.4) is 0 Å². The fourth-order valence-corrected chi connectivity index (χ4v) is 3.55. The molecule has 3 rings (SSSR count). The van der Waals surface area contributed by atoms with Crippen LogP contribution in [0.1, 0.15) is 16.8 Å². The first-order valence-corrected chi connectivity index (χ1v) is 9.80. The highest BCUT2D eigenvalue weighted by Crippen LogP contribution is 2.22. The highest BCUT2D eigenvalue weighted by molar-refractivity contribution is 6.31. The first kappa shape index (κ1) is 20.4. The number of carbonyl (C=O) groups is 1. The second-order valence-electron chi connectivity index (χ2n) is 6.73. The van der Waals surface area contributed by atoms with Crippen LogP contribution in [0.15, 0.2) is 42.5 Å². The number of anilines is 1. The quantitative estimate of drug-likeness (QED) is 0.717. The lowest BCUT2D eigenvalue weighted by molar-refractivity contribution is 0.0948. The molecule has 0 aromatic heterocycles. The molecule has 1 heterocycles. The Balaban J connectivity index is 1.40. The molecule has 1 amide bonds. The van der Waals surface area contributed by atoms with E-state index < -0.39 is 0 Å². The number of nitrogens with zero attached hydrogens (tertiary/aromatic N) is 2. The minimum absolute atomic E-state index is 0.171. The van der Waals surface area contributed by atoms with Gasteiger partial charge in [0.15, 0.2) is 0 Å². The summed E-state index contributed by atoms with van der Waals surface area (Å²) in [6.45, 7) is 4.81. The number of halogens is 2. The topological polar surface area (TPSA) is 44.8 Å². The van der Waals surface area contributed by atoms with E-state index in [0.29, 0.717) is 28.6 Å². The molecule has 0 radical (unpaired) electrons. The third kappa shape index (κ3) is 5.14. The second-order valence-corrected chi connectivity index (χ2v) is 7.17. The smallest absolute Gasteiger partial charge is 0.255 e. The summed E-state index contributed by atoms with van der Waals surface area (Å²) in [5.41, 5.74) is 1.11. The lowest BCUT2D eigenvalue weighted by atomic mass is 10.2. The fourth-order valence-electron chi connectivity index (χ4n) is 3.38. The van der Waals surface area contributed by atoms with E-state index in [1.807, 2.05) is 12.1 Å². The Hall–Kier alpha value is -2.31. The van der Waals surface area contributed by atoms with Crippen LogP contribution in [-0.4, -0.2) is 57.2 Å². The van der Waals surface area contributed by atoms with E-state index in [0.717, 1.165) is 39.1 Å². The molecular formula is C21H25ClFN3O2. The summed E-state index contributed by atoms with van der Waals surface area (Å²) >= 11 is 5.98. The number of benzene rings is 2. The fraction of sp³-hybridized carbons (Fsp3) is 0.381. The van der Waals surface area contributed by atoms with Crippen molar-refractivity contribution in [3.8, 4) is 5.75 Å². The van der Waals surface area contributed by atoms with Crippen molar-refractivity contribution in [1.82, 2.24) is 10.2 Å². The Morgan fingerprint density at radius 1 is 1.18 bits per heavy atom. The molecule has 2 aromatic carbocycles. The van der Waals surface area contributed by atoms with Crippen LogP contribution in [0, 0.1) is 5.82 Å². The van der Waals surface area contributed by atoms with Crippen molar-refractivity contribution in [3.63, 3.8) is 0 Å². The van der Waals surface area contributed by atoms with E-state index in [-0.39, 0.29) is 11.7 Å². The molecule has 0 atom stereocenters.